The highest BCUT2D eigenvalue weighted by atomic mass is 79.9. The molecule has 0 saturated carbocycles. The van der Waals surface area contributed by atoms with Gasteiger partial charge >= 0.3 is 6.18 Å². The smallest absolute Gasteiger partial charge is 0.383 e. The van der Waals surface area contributed by atoms with Gasteiger partial charge in [0, 0.05) is 10.7 Å². The standard InChI is InChI=1S/C11H7BrF3NOS/c12-7-3-1-6(2-4-7)9(17)8-5-16-10(18-8)11(13,14)15/h1-5,9,17H. The molecule has 7 heteroatoms. The van der Waals surface area contributed by atoms with E-state index in [4.69, 9.17) is 0 Å². The molecule has 0 amide bonds. The third-order valence-corrected chi connectivity index (χ3v) is 3.84. The number of aliphatic hydroxyl groups excluding tert-OH is 1. The zero-order valence-corrected chi connectivity index (χ0v) is 11.2. The molecule has 0 spiro atoms. The fourth-order valence-electron chi connectivity index (χ4n) is 1.35. The Bertz CT molecular complexity index is 538. The highest BCUT2D eigenvalue weighted by Gasteiger charge is 2.35. The van der Waals surface area contributed by atoms with Crippen molar-refractivity contribution in [1.29, 1.82) is 0 Å². The molecule has 1 unspecified atom stereocenters. The Morgan fingerprint density at radius 3 is 2.33 bits per heavy atom. The van der Waals surface area contributed by atoms with Crippen LogP contribution in [-0.2, 0) is 6.18 Å². The summed E-state index contributed by atoms with van der Waals surface area (Å²) in [7, 11) is 0. The number of nitrogens with zero attached hydrogens (tertiary/aromatic N) is 1. The molecule has 2 nitrogen and oxygen atoms in total. The largest absolute Gasteiger partial charge is 0.443 e. The van der Waals surface area contributed by atoms with E-state index in [9.17, 15) is 18.3 Å². The molecule has 0 aliphatic heterocycles. The molecule has 1 aromatic carbocycles. The quantitative estimate of drug-likeness (QED) is 0.898. The van der Waals surface area contributed by atoms with Crippen LogP contribution in [0.1, 0.15) is 21.6 Å². The van der Waals surface area contributed by atoms with Gasteiger partial charge in [0.25, 0.3) is 0 Å². The van der Waals surface area contributed by atoms with Crippen molar-refractivity contribution in [2.24, 2.45) is 0 Å². The Morgan fingerprint density at radius 2 is 1.83 bits per heavy atom. The maximum atomic E-state index is 12.4. The summed E-state index contributed by atoms with van der Waals surface area (Å²) in [5.41, 5.74) is 0.524. The van der Waals surface area contributed by atoms with Gasteiger partial charge in [0.1, 0.15) is 6.10 Å². The second-order valence-electron chi connectivity index (χ2n) is 3.52. The molecule has 18 heavy (non-hydrogen) atoms. The van der Waals surface area contributed by atoms with E-state index in [1.807, 2.05) is 0 Å². The normalized spacial score (nSPS) is 13.6. The minimum atomic E-state index is -4.47. The number of aliphatic hydroxyl groups is 1. The summed E-state index contributed by atoms with van der Waals surface area (Å²) in [6, 6.07) is 6.71. The third kappa shape index (κ3) is 2.90. The van der Waals surface area contributed by atoms with Crippen LogP contribution in [0.15, 0.2) is 34.9 Å². The van der Waals surface area contributed by atoms with Gasteiger partial charge in [0.15, 0.2) is 5.01 Å². The van der Waals surface area contributed by atoms with Gasteiger partial charge in [-0.3, -0.25) is 0 Å². The first-order valence-electron chi connectivity index (χ1n) is 4.84. The van der Waals surface area contributed by atoms with Crippen LogP contribution in [-0.4, -0.2) is 10.1 Å². The van der Waals surface area contributed by atoms with E-state index in [-0.39, 0.29) is 4.88 Å². The van der Waals surface area contributed by atoms with E-state index in [0.29, 0.717) is 16.9 Å². The molecule has 1 heterocycles. The number of thiazole rings is 1. The molecular weight excluding hydrogens is 331 g/mol. The monoisotopic (exact) mass is 337 g/mol. The van der Waals surface area contributed by atoms with Crippen molar-refractivity contribution in [3.8, 4) is 0 Å². The fraction of sp³-hybridized carbons (Fsp3) is 0.182. The van der Waals surface area contributed by atoms with Crippen molar-refractivity contribution in [3.63, 3.8) is 0 Å². The van der Waals surface area contributed by atoms with Gasteiger partial charge in [0.05, 0.1) is 4.88 Å². The summed E-state index contributed by atoms with van der Waals surface area (Å²) in [5, 5.41) is 9.00. The lowest BCUT2D eigenvalue weighted by atomic mass is 10.1. The maximum Gasteiger partial charge on any atom is 0.443 e. The number of aromatic nitrogens is 1. The van der Waals surface area contributed by atoms with Crippen molar-refractivity contribution in [2.45, 2.75) is 12.3 Å². The number of hydrogen-bond acceptors (Lipinski definition) is 3. The number of benzene rings is 1. The van der Waals surface area contributed by atoms with Gasteiger partial charge in [-0.05, 0) is 17.7 Å². The Labute approximate surface area is 113 Å². The van der Waals surface area contributed by atoms with Crippen LogP contribution in [0.3, 0.4) is 0 Å². The van der Waals surface area contributed by atoms with E-state index in [2.05, 4.69) is 20.9 Å². The molecular formula is C11H7BrF3NOS. The van der Waals surface area contributed by atoms with Gasteiger partial charge in [-0.15, -0.1) is 11.3 Å². The molecule has 96 valence electrons. The molecule has 2 aromatic rings. The van der Waals surface area contributed by atoms with E-state index in [1.54, 1.807) is 24.3 Å². The van der Waals surface area contributed by atoms with Crippen molar-refractivity contribution in [1.82, 2.24) is 4.98 Å². The summed E-state index contributed by atoms with van der Waals surface area (Å²) >= 11 is 3.69. The fourth-order valence-corrected chi connectivity index (χ4v) is 2.42. The van der Waals surface area contributed by atoms with Crippen LogP contribution in [0.25, 0.3) is 0 Å². The predicted octanol–water partition coefficient (Wildman–Crippen LogP) is 4.01. The first-order chi connectivity index (χ1) is 8.38. The lowest BCUT2D eigenvalue weighted by molar-refractivity contribution is -0.137. The van der Waals surface area contributed by atoms with Crippen LogP contribution in [0.5, 0.6) is 0 Å². The van der Waals surface area contributed by atoms with Crippen molar-refractivity contribution < 1.29 is 18.3 Å². The van der Waals surface area contributed by atoms with Gasteiger partial charge in [0.2, 0.25) is 0 Å². The van der Waals surface area contributed by atoms with Gasteiger partial charge < -0.3 is 5.11 Å². The highest BCUT2D eigenvalue weighted by molar-refractivity contribution is 9.10. The lowest BCUT2D eigenvalue weighted by Crippen LogP contribution is -2.03. The Kier molecular flexibility index (Phi) is 3.74. The van der Waals surface area contributed by atoms with Gasteiger partial charge in [-0.1, -0.05) is 28.1 Å². The zero-order chi connectivity index (χ0) is 13.3. The van der Waals surface area contributed by atoms with Gasteiger partial charge in [-0.25, -0.2) is 4.98 Å². The SMILES string of the molecule is OC(c1ccc(Br)cc1)c1cnc(C(F)(F)F)s1. The Hall–Kier alpha value is -0.920. The summed E-state index contributed by atoms with van der Waals surface area (Å²) in [6.45, 7) is 0. The average Bonchev–Trinajstić information content (AvgIpc) is 2.78. The molecule has 1 atom stereocenters. The average molecular weight is 338 g/mol. The topological polar surface area (TPSA) is 33.1 Å². The second-order valence-corrected chi connectivity index (χ2v) is 5.50. The summed E-state index contributed by atoms with van der Waals surface area (Å²) in [4.78, 5) is 3.45. The number of rotatable bonds is 2. The Balaban J connectivity index is 2.26. The second kappa shape index (κ2) is 4.99. The molecule has 0 aliphatic rings. The van der Waals surface area contributed by atoms with Crippen LogP contribution in [0.2, 0.25) is 0 Å². The highest BCUT2D eigenvalue weighted by Crippen LogP contribution is 2.35. The first kappa shape index (κ1) is 13.5. The van der Waals surface area contributed by atoms with Crippen molar-refractivity contribution >= 4 is 27.3 Å². The molecule has 0 aliphatic carbocycles. The molecule has 1 aromatic heterocycles. The summed E-state index contributed by atoms with van der Waals surface area (Å²) in [5.74, 6) is 0. The molecule has 0 saturated heterocycles. The Morgan fingerprint density at radius 1 is 1.22 bits per heavy atom. The molecule has 2 rings (SSSR count). The van der Waals surface area contributed by atoms with E-state index < -0.39 is 17.3 Å². The molecule has 0 bridgehead atoms. The number of hydrogen-bond donors (Lipinski definition) is 1. The molecule has 0 fully saturated rings. The third-order valence-electron chi connectivity index (χ3n) is 2.22. The van der Waals surface area contributed by atoms with E-state index in [0.717, 1.165) is 10.7 Å². The lowest BCUT2D eigenvalue weighted by Gasteiger charge is -2.08. The predicted molar refractivity (Wildman–Crippen MR) is 65.3 cm³/mol. The van der Waals surface area contributed by atoms with Crippen LogP contribution >= 0.6 is 27.3 Å². The minimum absolute atomic E-state index is 0.171. The molecule has 0 radical (unpaired) electrons. The van der Waals surface area contributed by atoms with Gasteiger partial charge in [-0.2, -0.15) is 13.2 Å². The van der Waals surface area contributed by atoms with Crippen molar-refractivity contribution in [3.05, 3.63) is 50.4 Å². The molecule has 1 N–H and O–H groups in total. The minimum Gasteiger partial charge on any atom is -0.383 e. The van der Waals surface area contributed by atoms with Crippen LogP contribution in [0.4, 0.5) is 13.2 Å². The number of halogens is 4. The zero-order valence-electron chi connectivity index (χ0n) is 8.78. The van der Waals surface area contributed by atoms with E-state index in [1.165, 1.54) is 0 Å². The van der Waals surface area contributed by atoms with E-state index >= 15 is 0 Å². The maximum absolute atomic E-state index is 12.4. The summed E-state index contributed by atoms with van der Waals surface area (Å²) < 4.78 is 38.0. The van der Waals surface area contributed by atoms with Crippen LogP contribution < -0.4 is 0 Å². The van der Waals surface area contributed by atoms with Crippen molar-refractivity contribution in [2.75, 3.05) is 0 Å². The number of alkyl halides is 3. The van der Waals surface area contributed by atoms with Crippen LogP contribution in [0, 0.1) is 0 Å². The first-order valence-corrected chi connectivity index (χ1v) is 6.45. The summed E-state index contributed by atoms with van der Waals surface area (Å²) in [6.07, 6.45) is -4.51.